The lowest BCUT2D eigenvalue weighted by atomic mass is 10.1. The Labute approximate surface area is 223 Å². The summed E-state index contributed by atoms with van der Waals surface area (Å²) >= 11 is 1.38. The van der Waals surface area contributed by atoms with Gasteiger partial charge in [-0.15, -0.1) is 10.2 Å². The fraction of sp³-hybridized carbons (Fsp3) is 0.421. The molecule has 4 heterocycles. The maximum atomic E-state index is 13.2. The van der Waals surface area contributed by atoms with E-state index in [0.717, 1.165) is 31.1 Å². The molecule has 2 fully saturated rings. The molecule has 5 N–H and O–H groups in total. The highest BCUT2D eigenvalue weighted by molar-refractivity contribution is 7.94. The van der Waals surface area contributed by atoms with Crippen molar-refractivity contribution in [3.8, 4) is 21.8 Å². The molecule has 39 heavy (non-hydrogen) atoms. The second-order valence-corrected chi connectivity index (χ2v) is 13.1. The van der Waals surface area contributed by atoms with Gasteiger partial charge < -0.3 is 15.3 Å². The normalized spacial score (nSPS) is 16.5. The molecule has 20 heteroatoms. The molecular weight excluding hydrogens is 589 g/mol. The molecule has 0 amide bonds. The summed E-state index contributed by atoms with van der Waals surface area (Å²) in [7, 11) is -8.44. The summed E-state index contributed by atoms with van der Waals surface area (Å²) < 4.78 is 83.6. The van der Waals surface area contributed by atoms with Crippen LogP contribution < -0.4 is 15.4 Å². The third-order valence-electron chi connectivity index (χ3n) is 5.84. The molecule has 2 aliphatic rings. The third kappa shape index (κ3) is 6.03. The molecule has 3 aromatic rings. The number of aliphatic carboxylic acids is 1. The summed E-state index contributed by atoms with van der Waals surface area (Å²) in [6.45, 7) is 2.28. The van der Waals surface area contributed by atoms with Crippen molar-refractivity contribution in [2.24, 2.45) is 5.14 Å². The largest absolute Gasteiger partial charge is 0.490 e. The molecule has 2 aromatic heterocycles. The van der Waals surface area contributed by atoms with E-state index in [2.05, 4.69) is 35.8 Å². The van der Waals surface area contributed by atoms with Gasteiger partial charge in [0, 0.05) is 37.9 Å². The smallest absolute Gasteiger partial charge is 0.475 e. The first-order chi connectivity index (χ1) is 18.2. The van der Waals surface area contributed by atoms with Crippen molar-refractivity contribution in [1.82, 2.24) is 30.9 Å². The van der Waals surface area contributed by atoms with E-state index in [1.165, 1.54) is 17.4 Å². The lowest BCUT2D eigenvalue weighted by Gasteiger charge is -2.28. The van der Waals surface area contributed by atoms with Crippen molar-refractivity contribution in [3.05, 3.63) is 18.3 Å². The summed E-state index contributed by atoms with van der Waals surface area (Å²) in [5.41, 5.74) is 0.412. The summed E-state index contributed by atoms with van der Waals surface area (Å²) in [4.78, 5) is 15.3. The van der Waals surface area contributed by atoms with E-state index in [9.17, 15) is 30.0 Å². The number of benzene rings is 1. The zero-order valence-corrected chi connectivity index (χ0v) is 22.2. The molecule has 2 saturated heterocycles. The number of nitrogens with two attached hydrogens (primary N) is 1. The van der Waals surface area contributed by atoms with Crippen molar-refractivity contribution >= 4 is 42.3 Å². The molecule has 14 nitrogen and oxygen atoms in total. The number of aromatic nitrogens is 5. The summed E-state index contributed by atoms with van der Waals surface area (Å²) in [6, 6.07) is 2.85. The first kappa shape index (κ1) is 28.8. The number of hydrogen-bond donors (Lipinski definition) is 4. The van der Waals surface area contributed by atoms with Gasteiger partial charge in [0.1, 0.15) is 4.90 Å². The van der Waals surface area contributed by atoms with E-state index in [1.54, 1.807) is 12.3 Å². The number of hydrogen-bond acceptors (Lipinski definition) is 12. The maximum absolute atomic E-state index is 13.2. The standard InChI is InChI=1S/C17H20N8O4S3.C2HF3O2/c18-32(28,29)15-13(31(26,27)10-7-19-8-10)4-3-11(14(15)16-21-23-24-22-16)12-9-20-17(30-12)25-5-1-2-6-25;3-2(4,5)1(6)7/h3-4,9-10,19H,1-2,5-8H2,(H2,18,28,29)(H,21,22,23,24);(H,6,7). The second-order valence-electron chi connectivity index (χ2n) is 8.43. The van der Waals surface area contributed by atoms with Crippen LogP contribution in [-0.2, 0) is 24.7 Å². The fourth-order valence-electron chi connectivity index (χ4n) is 3.87. The van der Waals surface area contributed by atoms with Gasteiger partial charge in [0.05, 0.1) is 20.6 Å². The van der Waals surface area contributed by atoms with E-state index in [-0.39, 0.29) is 29.4 Å². The summed E-state index contributed by atoms with van der Waals surface area (Å²) in [5, 5.41) is 29.3. The molecular formula is C19H21F3N8O6S3. The molecule has 0 aliphatic carbocycles. The molecule has 0 bridgehead atoms. The number of H-pyrrole nitrogens is 1. The number of carboxylic acids is 1. The Kier molecular flexibility index (Phi) is 7.94. The van der Waals surface area contributed by atoms with Gasteiger partial charge in [-0.1, -0.05) is 17.4 Å². The monoisotopic (exact) mass is 610 g/mol. The number of tetrazole rings is 1. The zero-order chi connectivity index (χ0) is 28.6. The first-order valence-corrected chi connectivity index (χ1v) is 15.0. The number of sulfone groups is 1. The molecule has 2 aliphatic heterocycles. The van der Waals surface area contributed by atoms with Crippen LogP contribution in [0.5, 0.6) is 0 Å². The van der Waals surface area contributed by atoms with Crippen LogP contribution in [0.25, 0.3) is 21.8 Å². The van der Waals surface area contributed by atoms with Crippen molar-refractivity contribution in [1.29, 1.82) is 0 Å². The van der Waals surface area contributed by atoms with Gasteiger partial charge >= 0.3 is 12.1 Å². The molecule has 0 spiro atoms. The lowest BCUT2D eigenvalue weighted by Crippen LogP contribution is -2.51. The predicted molar refractivity (Wildman–Crippen MR) is 131 cm³/mol. The number of carbonyl (C=O) groups is 1. The van der Waals surface area contributed by atoms with Crippen molar-refractivity contribution in [3.63, 3.8) is 0 Å². The molecule has 212 valence electrons. The predicted octanol–water partition coefficient (Wildman–Crippen LogP) is 0.617. The van der Waals surface area contributed by atoms with Crippen LogP contribution in [0.1, 0.15) is 12.8 Å². The summed E-state index contributed by atoms with van der Waals surface area (Å²) in [6.07, 6.45) is -1.28. The van der Waals surface area contributed by atoms with E-state index in [4.69, 9.17) is 15.0 Å². The number of anilines is 1. The number of rotatable bonds is 6. The highest BCUT2D eigenvalue weighted by Gasteiger charge is 2.39. The Morgan fingerprint density at radius 1 is 1.15 bits per heavy atom. The quantitative estimate of drug-likeness (QED) is 0.302. The van der Waals surface area contributed by atoms with Crippen LogP contribution in [0.2, 0.25) is 0 Å². The van der Waals surface area contributed by atoms with Gasteiger partial charge in [0.2, 0.25) is 15.8 Å². The third-order valence-corrected chi connectivity index (χ3v) is 10.2. The number of carboxylic acid groups (broad SMARTS) is 1. The molecule has 0 atom stereocenters. The number of sulfonamides is 1. The minimum atomic E-state index is -5.08. The van der Waals surface area contributed by atoms with Gasteiger partial charge in [-0.25, -0.2) is 31.8 Å². The average molecular weight is 611 g/mol. The second kappa shape index (κ2) is 10.8. The van der Waals surface area contributed by atoms with E-state index in [1.807, 2.05) is 0 Å². The maximum Gasteiger partial charge on any atom is 0.490 e. The number of halogens is 3. The number of aromatic amines is 1. The minimum Gasteiger partial charge on any atom is -0.475 e. The van der Waals surface area contributed by atoms with Gasteiger partial charge in [-0.3, -0.25) is 0 Å². The van der Waals surface area contributed by atoms with E-state index in [0.29, 0.717) is 10.4 Å². The highest BCUT2D eigenvalue weighted by atomic mass is 32.2. The highest BCUT2D eigenvalue weighted by Crippen LogP contribution is 2.42. The number of nitrogens with one attached hydrogen (secondary N) is 2. The van der Waals surface area contributed by atoms with Crippen molar-refractivity contribution < 1.29 is 39.9 Å². The van der Waals surface area contributed by atoms with Gasteiger partial charge in [0.25, 0.3) is 0 Å². The van der Waals surface area contributed by atoms with Crippen LogP contribution in [0.15, 0.2) is 28.1 Å². The molecule has 0 saturated carbocycles. The van der Waals surface area contributed by atoms with Crippen molar-refractivity contribution in [2.75, 3.05) is 31.1 Å². The van der Waals surface area contributed by atoms with E-state index >= 15 is 0 Å². The Hall–Kier alpha value is -3.20. The lowest BCUT2D eigenvalue weighted by molar-refractivity contribution is -0.192. The van der Waals surface area contributed by atoms with Gasteiger partial charge in [0.15, 0.2) is 15.0 Å². The van der Waals surface area contributed by atoms with Crippen molar-refractivity contribution in [2.45, 2.75) is 34.1 Å². The van der Waals surface area contributed by atoms with E-state index < -0.39 is 42.2 Å². The number of primary sulfonamides is 1. The average Bonchev–Trinajstić information content (AvgIpc) is 3.58. The van der Waals surface area contributed by atoms with Crippen LogP contribution >= 0.6 is 11.3 Å². The minimum absolute atomic E-state index is 0.00812. The SMILES string of the molecule is NS(=O)(=O)c1c(S(=O)(=O)C2CNC2)ccc(-c2cnc(N3CCCC3)s2)c1-c1nn[nH]n1.O=C(O)C(F)(F)F. The number of thiazole rings is 1. The molecule has 0 unspecified atom stereocenters. The van der Waals surface area contributed by atoms with Gasteiger partial charge in [-0.05, 0) is 24.1 Å². The molecule has 1 aromatic carbocycles. The summed E-state index contributed by atoms with van der Waals surface area (Å²) in [5.74, 6) is -2.82. The fourth-order valence-corrected chi connectivity index (χ4v) is 8.05. The van der Waals surface area contributed by atoms with Crippen LogP contribution in [-0.4, -0.2) is 91.1 Å². The number of nitrogens with zero attached hydrogens (tertiary/aromatic N) is 5. The van der Waals surface area contributed by atoms with Gasteiger partial charge in [-0.2, -0.15) is 18.4 Å². The Morgan fingerprint density at radius 3 is 2.28 bits per heavy atom. The topological polar surface area (TPSA) is 214 Å². The Morgan fingerprint density at radius 2 is 1.79 bits per heavy atom. The zero-order valence-electron chi connectivity index (χ0n) is 19.7. The molecule has 0 radical (unpaired) electrons. The Bertz CT molecular complexity index is 1570. The first-order valence-electron chi connectivity index (χ1n) is 11.1. The van der Waals surface area contributed by atoms with Crippen LogP contribution in [0.4, 0.5) is 18.3 Å². The molecule has 5 rings (SSSR count). The Balaban J connectivity index is 0.000000448. The van der Waals surface area contributed by atoms with Crippen LogP contribution in [0.3, 0.4) is 0 Å². The van der Waals surface area contributed by atoms with Crippen LogP contribution in [0, 0.1) is 0 Å². The number of alkyl halides is 3.